The van der Waals surface area contributed by atoms with Crippen LogP contribution in [0.15, 0.2) is 0 Å². The van der Waals surface area contributed by atoms with E-state index in [1.165, 1.54) is 4.90 Å². The van der Waals surface area contributed by atoms with E-state index < -0.39 is 24.6 Å². The third-order valence-electron chi connectivity index (χ3n) is 2.83. The summed E-state index contributed by atoms with van der Waals surface area (Å²) in [6.45, 7) is 0.689. The van der Waals surface area contributed by atoms with E-state index >= 15 is 0 Å². The van der Waals surface area contributed by atoms with Gasteiger partial charge in [0.25, 0.3) is 0 Å². The molecule has 0 amide bonds. The molecule has 0 aromatic rings. The maximum absolute atomic E-state index is 12.7. The smallest absolute Gasteiger partial charge is 0.404 e. The molecular formula is C10H16F3NO2. The molecule has 1 rings (SSSR count). The highest BCUT2D eigenvalue weighted by atomic mass is 19.4. The summed E-state index contributed by atoms with van der Waals surface area (Å²) in [5.41, 5.74) is 0. The van der Waals surface area contributed by atoms with Crippen molar-refractivity contribution in [1.82, 2.24) is 4.90 Å². The first-order valence-corrected chi connectivity index (χ1v) is 5.44. The van der Waals surface area contributed by atoms with Crippen molar-refractivity contribution in [3.05, 3.63) is 0 Å². The maximum Gasteiger partial charge on any atom is 0.404 e. The zero-order chi connectivity index (χ0) is 12.2. The second-order valence-electron chi connectivity index (χ2n) is 4.11. The monoisotopic (exact) mass is 239 g/mol. The van der Waals surface area contributed by atoms with Crippen molar-refractivity contribution in [1.29, 1.82) is 0 Å². The van der Waals surface area contributed by atoms with Crippen LogP contribution in [0.25, 0.3) is 0 Å². The fourth-order valence-electron chi connectivity index (χ4n) is 2.02. The van der Waals surface area contributed by atoms with Crippen LogP contribution in [-0.2, 0) is 4.79 Å². The minimum Gasteiger partial charge on any atom is -0.481 e. The van der Waals surface area contributed by atoms with Crippen molar-refractivity contribution in [3.8, 4) is 0 Å². The molecule has 0 aromatic carbocycles. The number of rotatable bonds is 3. The van der Waals surface area contributed by atoms with E-state index in [1.54, 1.807) is 0 Å². The van der Waals surface area contributed by atoms with Gasteiger partial charge in [0, 0.05) is 0 Å². The van der Waals surface area contributed by atoms with Crippen LogP contribution in [0.2, 0.25) is 0 Å². The topological polar surface area (TPSA) is 40.5 Å². The molecule has 1 atom stereocenters. The summed E-state index contributed by atoms with van der Waals surface area (Å²) < 4.78 is 38.1. The minimum absolute atomic E-state index is 0.345. The van der Waals surface area contributed by atoms with Crippen molar-refractivity contribution in [2.45, 2.75) is 44.3 Å². The molecule has 1 N–H and O–H groups in total. The number of halogens is 3. The second-order valence-corrected chi connectivity index (χ2v) is 4.11. The van der Waals surface area contributed by atoms with Gasteiger partial charge in [0.15, 0.2) is 0 Å². The van der Waals surface area contributed by atoms with Crippen molar-refractivity contribution < 1.29 is 23.1 Å². The summed E-state index contributed by atoms with van der Waals surface area (Å²) in [6, 6.07) is -1.83. The largest absolute Gasteiger partial charge is 0.481 e. The molecule has 94 valence electrons. The van der Waals surface area contributed by atoms with Gasteiger partial charge in [-0.05, 0) is 25.9 Å². The van der Waals surface area contributed by atoms with Gasteiger partial charge in [0.2, 0.25) is 0 Å². The summed E-state index contributed by atoms with van der Waals surface area (Å²) in [5.74, 6) is -1.40. The number of likely N-dealkylation sites (tertiary alicyclic amines) is 1. The van der Waals surface area contributed by atoms with Crippen LogP contribution in [0.4, 0.5) is 13.2 Å². The van der Waals surface area contributed by atoms with Crippen molar-refractivity contribution >= 4 is 5.97 Å². The maximum atomic E-state index is 12.7. The number of alkyl halides is 3. The molecule has 1 unspecified atom stereocenters. The lowest BCUT2D eigenvalue weighted by Gasteiger charge is -2.31. The van der Waals surface area contributed by atoms with Crippen LogP contribution in [0.1, 0.15) is 32.1 Å². The summed E-state index contributed by atoms with van der Waals surface area (Å²) in [5, 5.41) is 8.52. The Morgan fingerprint density at radius 3 is 2.06 bits per heavy atom. The first-order valence-electron chi connectivity index (χ1n) is 5.44. The number of nitrogens with zero attached hydrogens (tertiary/aromatic N) is 1. The molecule has 6 heteroatoms. The molecule has 1 aliphatic heterocycles. The zero-order valence-corrected chi connectivity index (χ0v) is 8.96. The van der Waals surface area contributed by atoms with Gasteiger partial charge < -0.3 is 5.11 Å². The molecule has 0 spiro atoms. The van der Waals surface area contributed by atoms with Crippen molar-refractivity contribution in [3.63, 3.8) is 0 Å². The van der Waals surface area contributed by atoms with Gasteiger partial charge in [-0.25, -0.2) is 0 Å². The van der Waals surface area contributed by atoms with E-state index in [4.69, 9.17) is 5.11 Å². The zero-order valence-electron chi connectivity index (χ0n) is 8.96. The van der Waals surface area contributed by atoms with Crippen molar-refractivity contribution in [2.24, 2.45) is 0 Å². The van der Waals surface area contributed by atoms with Crippen LogP contribution < -0.4 is 0 Å². The molecular weight excluding hydrogens is 223 g/mol. The van der Waals surface area contributed by atoms with Crippen LogP contribution in [0.3, 0.4) is 0 Å². The quantitative estimate of drug-likeness (QED) is 0.821. The van der Waals surface area contributed by atoms with E-state index in [2.05, 4.69) is 0 Å². The van der Waals surface area contributed by atoms with Gasteiger partial charge in [-0.2, -0.15) is 13.2 Å². The number of aliphatic carboxylic acids is 1. The Bertz CT molecular complexity index is 235. The fourth-order valence-corrected chi connectivity index (χ4v) is 2.02. The highest BCUT2D eigenvalue weighted by Crippen LogP contribution is 2.29. The van der Waals surface area contributed by atoms with Crippen LogP contribution >= 0.6 is 0 Å². The fraction of sp³-hybridized carbons (Fsp3) is 0.900. The molecule has 1 heterocycles. The molecule has 1 saturated heterocycles. The molecule has 1 aliphatic rings. The van der Waals surface area contributed by atoms with Gasteiger partial charge >= 0.3 is 12.1 Å². The third-order valence-corrected chi connectivity index (χ3v) is 2.83. The second kappa shape index (κ2) is 5.52. The summed E-state index contributed by atoms with van der Waals surface area (Å²) >= 11 is 0. The molecule has 3 nitrogen and oxygen atoms in total. The van der Waals surface area contributed by atoms with Gasteiger partial charge in [-0.1, -0.05) is 12.8 Å². The summed E-state index contributed by atoms with van der Waals surface area (Å²) in [6.07, 6.45) is -2.03. The predicted octanol–water partition coefficient (Wildman–Crippen LogP) is 2.27. The normalized spacial score (nSPS) is 21.4. The SMILES string of the molecule is O=C(O)CC(N1CCCCCC1)C(F)(F)F. The number of hydrogen-bond donors (Lipinski definition) is 1. The minimum atomic E-state index is -4.46. The first kappa shape index (κ1) is 13.3. The third kappa shape index (κ3) is 4.00. The molecule has 0 saturated carbocycles. The van der Waals surface area contributed by atoms with Gasteiger partial charge in [-0.15, -0.1) is 0 Å². The predicted molar refractivity (Wildman–Crippen MR) is 52.1 cm³/mol. The molecule has 1 fully saturated rings. The Hall–Kier alpha value is -0.780. The summed E-state index contributed by atoms with van der Waals surface area (Å²) in [4.78, 5) is 11.7. The molecule has 0 aromatic heterocycles. The standard InChI is InChI=1S/C10H16F3NO2/c11-10(12,13)8(7-9(15)16)14-5-3-1-2-4-6-14/h8H,1-7H2,(H,15,16). The highest BCUT2D eigenvalue weighted by molar-refractivity contribution is 5.67. The molecule has 0 bridgehead atoms. The van der Waals surface area contributed by atoms with Gasteiger partial charge in [0.1, 0.15) is 6.04 Å². The number of carboxylic acid groups (broad SMARTS) is 1. The van der Waals surface area contributed by atoms with E-state index in [0.717, 1.165) is 12.8 Å². The van der Waals surface area contributed by atoms with E-state index in [1.807, 2.05) is 0 Å². The summed E-state index contributed by atoms with van der Waals surface area (Å²) in [7, 11) is 0. The Morgan fingerprint density at radius 1 is 1.19 bits per heavy atom. The number of carbonyl (C=O) groups is 1. The van der Waals surface area contributed by atoms with Gasteiger partial charge in [-0.3, -0.25) is 9.69 Å². The Morgan fingerprint density at radius 2 is 1.69 bits per heavy atom. The first-order chi connectivity index (χ1) is 7.41. The van der Waals surface area contributed by atoms with Crippen molar-refractivity contribution in [2.75, 3.05) is 13.1 Å². The lowest BCUT2D eigenvalue weighted by molar-refractivity contribution is -0.190. The lowest BCUT2D eigenvalue weighted by Crippen LogP contribution is -2.47. The van der Waals surface area contributed by atoms with E-state index in [9.17, 15) is 18.0 Å². The molecule has 0 aliphatic carbocycles. The Labute approximate surface area is 92.2 Å². The average Bonchev–Trinajstić information content (AvgIpc) is 2.40. The number of carboxylic acids is 1. The molecule has 0 radical (unpaired) electrons. The molecule has 16 heavy (non-hydrogen) atoms. The van der Waals surface area contributed by atoms with Crippen LogP contribution in [0.5, 0.6) is 0 Å². The Balaban J connectivity index is 2.69. The number of hydrogen-bond acceptors (Lipinski definition) is 2. The van der Waals surface area contributed by atoms with Crippen LogP contribution in [0, 0.1) is 0 Å². The Kier molecular flexibility index (Phi) is 4.58. The lowest BCUT2D eigenvalue weighted by atomic mass is 10.1. The van der Waals surface area contributed by atoms with Crippen LogP contribution in [-0.4, -0.2) is 41.3 Å². The van der Waals surface area contributed by atoms with E-state index in [0.29, 0.717) is 25.9 Å². The average molecular weight is 239 g/mol. The highest BCUT2D eigenvalue weighted by Gasteiger charge is 2.44. The van der Waals surface area contributed by atoms with Gasteiger partial charge in [0.05, 0.1) is 6.42 Å². The van der Waals surface area contributed by atoms with E-state index in [-0.39, 0.29) is 0 Å².